The normalized spacial score (nSPS) is 36.0. The highest BCUT2D eigenvalue weighted by Crippen LogP contribution is 2.43. The Morgan fingerprint density at radius 1 is 1.57 bits per heavy atom. The molecule has 3 nitrogen and oxygen atoms in total. The van der Waals surface area contributed by atoms with Gasteiger partial charge in [-0.1, -0.05) is 12.2 Å². The highest BCUT2D eigenvalue weighted by Gasteiger charge is 2.39. The zero-order valence-corrected chi connectivity index (χ0v) is 8.44. The van der Waals surface area contributed by atoms with Gasteiger partial charge in [-0.05, 0) is 31.6 Å². The van der Waals surface area contributed by atoms with E-state index in [0.717, 1.165) is 12.8 Å². The van der Waals surface area contributed by atoms with Crippen LogP contribution in [0.1, 0.15) is 19.8 Å². The number of hydrogen-bond donors (Lipinski definition) is 2. The van der Waals surface area contributed by atoms with E-state index in [-0.39, 0.29) is 11.8 Å². The smallest absolute Gasteiger partial charge is 0.223 e. The molecule has 0 aromatic rings. The van der Waals surface area contributed by atoms with Crippen molar-refractivity contribution in [3.63, 3.8) is 0 Å². The van der Waals surface area contributed by atoms with E-state index < -0.39 is 6.10 Å². The van der Waals surface area contributed by atoms with Crippen molar-refractivity contribution in [1.29, 1.82) is 0 Å². The van der Waals surface area contributed by atoms with E-state index in [1.54, 1.807) is 6.92 Å². The minimum atomic E-state index is -0.451. The number of allylic oxidation sites excluding steroid dienone is 2. The van der Waals surface area contributed by atoms with Crippen LogP contribution in [0.2, 0.25) is 0 Å². The third-order valence-electron chi connectivity index (χ3n) is 3.19. The lowest BCUT2D eigenvalue weighted by Crippen LogP contribution is -2.36. The maximum atomic E-state index is 11.7. The Balaban J connectivity index is 1.84. The van der Waals surface area contributed by atoms with Crippen molar-refractivity contribution in [3.05, 3.63) is 12.2 Å². The summed E-state index contributed by atoms with van der Waals surface area (Å²) in [6.07, 6.45) is 6.08. The first-order valence-electron chi connectivity index (χ1n) is 5.31. The average molecular weight is 195 g/mol. The average Bonchev–Trinajstić information content (AvgIpc) is 2.74. The Morgan fingerprint density at radius 2 is 2.36 bits per heavy atom. The van der Waals surface area contributed by atoms with E-state index in [1.165, 1.54) is 0 Å². The summed E-state index contributed by atoms with van der Waals surface area (Å²) in [5.41, 5.74) is 0. The molecule has 0 heterocycles. The summed E-state index contributed by atoms with van der Waals surface area (Å²) in [6.45, 7) is 2.05. The first kappa shape index (κ1) is 9.71. The number of fused-ring (bicyclic) bond motifs is 2. The van der Waals surface area contributed by atoms with Crippen molar-refractivity contribution in [2.75, 3.05) is 6.54 Å². The third kappa shape index (κ3) is 1.82. The van der Waals surface area contributed by atoms with Crippen LogP contribution in [-0.2, 0) is 4.79 Å². The molecule has 3 heteroatoms. The Labute approximate surface area is 84.2 Å². The topological polar surface area (TPSA) is 49.3 Å². The van der Waals surface area contributed by atoms with Gasteiger partial charge in [0.05, 0.1) is 6.10 Å². The van der Waals surface area contributed by atoms with Crippen LogP contribution in [0.3, 0.4) is 0 Å². The first-order chi connectivity index (χ1) is 6.66. The molecule has 2 aliphatic rings. The van der Waals surface area contributed by atoms with Crippen LogP contribution in [0.4, 0.5) is 0 Å². The summed E-state index contributed by atoms with van der Waals surface area (Å²) in [5.74, 6) is 1.35. The fraction of sp³-hybridized carbons (Fsp3) is 0.727. The van der Waals surface area contributed by atoms with E-state index in [9.17, 15) is 4.79 Å². The van der Waals surface area contributed by atoms with Crippen LogP contribution in [0.25, 0.3) is 0 Å². The van der Waals surface area contributed by atoms with Crippen LogP contribution in [-0.4, -0.2) is 23.7 Å². The monoisotopic (exact) mass is 195 g/mol. The Kier molecular flexibility index (Phi) is 2.59. The standard InChI is InChI=1S/C11H17NO2/c1-7(13)6-12-11(14)10-5-8-2-3-9(10)4-8/h2-3,7-10,13H,4-6H2,1H3,(H,12,14)/t7-,8?,9?,10?/m0/s1. The molecule has 0 spiro atoms. The van der Waals surface area contributed by atoms with Crippen LogP contribution in [0, 0.1) is 17.8 Å². The first-order valence-corrected chi connectivity index (χ1v) is 5.31. The summed E-state index contributed by atoms with van der Waals surface area (Å²) < 4.78 is 0. The molecule has 2 rings (SSSR count). The Bertz CT molecular complexity index is 260. The fourth-order valence-electron chi connectivity index (χ4n) is 2.46. The summed E-state index contributed by atoms with van der Waals surface area (Å²) in [5, 5.41) is 11.8. The molecule has 0 aromatic heterocycles. The van der Waals surface area contributed by atoms with E-state index in [1.807, 2.05) is 0 Å². The molecule has 3 unspecified atom stereocenters. The quantitative estimate of drug-likeness (QED) is 0.651. The van der Waals surface area contributed by atoms with Gasteiger partial charge < -0.3 is 10.4 Å². The second kappa shape index (κ2) is 3.73. The van der Waals surface area contributed by atoms with Crippen molar-refractivity contribution in [2.24, 2.45) is 17.8 Å². The van der Waals surface area contributed by atoms with E-state index >= 15 is 0 Å². The van der Waals surface area contributed by atoms with Crippen LogP contribution >= 0.6 is 0 Å². The van der Waals surface area contributed by atoms with Crippen LogP contribution in [0.5, 0.6) is 0 Å². The van der Waals surface area contributed by atoms with Crippen molar-refractivity contribution < 1.29 is 9.90 Å². The molecule has 1 saturated carbocycles. The van der Waals surface area contributed by atoms with E-state index in [2.05, 4.69) is 17.5 Å². The summed E-state index contributed by atoms with van der Waals surface area (Å²) in [4.78, 5) is 11.7. The molecule has 2 N–H and O–H groups in total. The van der Waals surface area contributed by atoms with Gasteiger partial charge in [0.2, 0.25) is 5.91 Å². The van der Waals surface area contributed by atoms with Crippen molar-refractivity contribution >= 4 is 5.91 Å². The largest absolute Gasteiger partial charge is 0.392 e. The number of amides is 1. The maximum Gasteiger partial charge on any atom is 0.223 e. The van der Waals surface area contributed by atoms with Gasteiger partial charge in [-0.3, -0.25) is 4.79 Å². The molecule has 1 fully saturated rings. The molecular weight excluding hydrogens is 178 g/mol. The molecule has 0 aromatic carbocycles. The number of hydrogen-bond acceptors (Lipinski definition) is 2. The SMILES string of the molecule is C[C@H](O)CNC(=O)C1CC2C=CC1C2. The number of rotatable bonds is 3. The number of carbonyl (C=O) groups excluding carboxylic acids is 1. The van der Waals surface area contributed by atoms with E-state index in [4.69, 9.17) is 5.11 Å². The lowest BCUT2D eigenvalue weighted by atomic mass is 9.93. The van der Waals surface area contributed by atoms with E-state index in [0.29, 0.717) is 18.4 Å². The molecule has 2 aliphatic carbocycles. The van der Waals surface area contributed by atoms with Crippen LogP contribution < -0.4 is 5.32 Å². The summed E-state index contributed by atoms with van der Waals surface area (Å²) >= 11 is 0. The highest BCUT2D eigenvalue weighted by atomic mass is 16.3. The number of aliphatic hydroxyl groups is 1. The highest BCUT2D eigenvalue weighted by molar-refractivity contribution is 5.80. The molecular formula is C11H17NO2. The summed E-state index contributed by atoms with van der Waals surface area (Å²) in [6, 6.07) is 0. The van der Waals surface area contributed by atoms with Crippen molar-refractivity contribution in [1.82, 2.24) is 5.32 Å². The minimum absolute atomic E-state index is 0.114. The number of carbonyl (C=O) groups is 1. The lowest BCUT2D eigenvalue weighted by Gasteiger charge is -2.18. The predicted octanol–water partition coefficient (Wildman–Crippen LogP) is 0.696. The maximum absolute atomic E-state index is 11.7. The van der Waals surface area contributed by atoms with Gasteiger partial charge in [0.1, 0.15) is 0 Å². The molecule has 0 radical (unpaired) electrons. The third-order valence-corrected chi connectivity index (χ3v) is 3.19. The van der Waals surface area contributed by atoms with Gasteiger partial charge in [-0.25, -0.2) is 0 Å². The number of aliphatic hydroxyl groups excluding tert-OH is 1. The Hall–Kier alpha value is -0.830. The van der Waals surface area contributed by atoms with Gasteiger partial charge in [0, 0.05) is 12.5 Å². The van der Waals surface area contributed by atoms with Gasteiger partial charge in [0.15, 0.2) is 0 Å². The van der Waals surface area contributed by atoms with Crippen LogP contribution in [0.15, 0.2) is 12.2 Å². The molecule has 4 atom stereocenters. The van der Waals surface area contributed by atoms with Gasteiger partial charge in [0.25, 0.3) is 0 Å². The van der Waals surface area contributed by atoms with Gasteiger partial charge in [-0.2, -0.15) is 0 Å². The molecule has 2 bridgehead atoms. The van der Waals surface area contributed by atoms with Crippen molar-refractivity contribution in [3.8, 4) is 0 Å². The molecule has 0 aliphatic heterocycles. The minimum Gasteiger partial charge on any atom is -0.392 e. The zero-order valence-electron chi connectivity index (χ0n) is 8.44. The Morgan fingerprint density at radius 3 is 2.86 bits per heavy atom. The summed E-state index contributed by atoms with van der Waals surface area (Å²) in [7, 11) is 0. The molecule has 78 valence electrons. The second-order valence-corrected chi connectivity index (χ2v) is 4.48. The molecule has 1 amide bonds. The second-order valence-electron chi connectivity index (χ2n) is 4.48. The zero-order chi connectivity index (χ0) is 10.1. The molecule has 14 heavy (non-hydrogen) atoms. The van der Waals surface area contributed by atoms with Crippen molar-refractivity contribution in [2.45, 2.75) is 25.9 Å². The van der Waals surface area contributed by atoms with Gasteiger partial charge >= 0.3 is 0 Å². The fourth-order valence-corrected chi connectivity index (χ4v) is 2.46. The lowest BCUT2D eigenvalue weighted by molar-refractivity contribution is -0.126. The van der Waals surface area contributed by atoms with Gasteiger partial charge in [-0.15, -0.1) is 0 Å². The predicted molar refractivity (Wildman–Crippen MR) is 53.5 cm³/mol. The molecule has 0 saturated heterocycles. The number of nitrogens with one attached hydrogen (secondary N) is 1.